The zero-order valence-corrected chi connectivity index (χ0v) is 19.4. The first kappa shape index (κ1) is 23.9. The predicted molar refractivity (Wildman–Crippen MR) is 114 cm³/mol. The molecule has 2 N–H and O–H groups in total. The molecular weight excluding hydrogens is 474 g/mol. The molecule has 1 aliphatic rings. The van der Waals surface area contributed by atoms with Crippen LogP contribution in [0, 0.1) is 0 Å². The number of hydrogen-bond acceptors (Lipinski definition) is 9. The Bertz CT molecular complexity index is 876. The number of benzene rings is 1. The fourth-order valence-corrected chi connectivity index (χ4v) is 3.83. The van der Waals surface area contributed by atoms with Crippen molar-refractivity contribution in [3.8, 4) is 5.75 Å². The number of alkyl halides is 1. The lowest BCUT2D eigenvalue weighted by atomic mass is 9.86. The molecule has 2 heterocycles. The van der Waals surface area contributed by atoms with Crippen molar-refractivity contribution in [2.24, 2.45) is 0 Å². The van der Waals surface area contributed by atoms with E-state index in [0.717, 1.165) is 0 Å². The zero-order valence-electron chi connectivity index (χ0n) is 17.8. The number of aliphatic hydroxyl groups excluding tert-OH is 1. The number of rotatable bonds is 11. The van der Waals surface area contributed by atoms with Crippen molar-refractivity contribution in [3.05, 3.63) is 17.7 Å². The Balaban J connectivity index is 1.62. The molecule has 0 saturated heterocycles. The van der Waals surface area contributed by atoms with Crippen LogP contribution in [0.15, 0.2) is 16.8 Å². The second-order valence-electron chi connectivity index (χ2n) is 7.84. The van der Waals surface area contributed by atoms with Crippen LogP contribution in [-0.2, 0) is 19.0 Å². The highest BCUT2D eigenvalue weighted by Crippen LogP contribution is 2.41. The summed E-state index contributed by atoms with van der Waals surface area (Å²) in [5.41, 5.74) is 0.788. The van der Waals surface area contributed by atoms with Gasteiger partial charge in [0.25, 0.3) is 0 Å². The second-order valence-corrected chi connectivity index (χ2v) is 8.49. The molecule has 1 aliphatic heterocycles. The van der Waals surface area contributed by atoms with Crippen LogP contribution < -0.4 is 10.1 Å². The van der Waals surface area contributed by atoms with Crippen molar-refractivity contribution in [3.63, 3.8) is 0 Å². The Labute approximate surface area is 188 Å². The quantitative estimate of drug-likeness (QED) is 0.270. The van der Waals surface area contributed by atoms with Crippen molar-refractivity contribution >= 4 is 32.9 Å². The molecule has 0 bridgehead atoms. The molecule has 0 fully saturated rings. The number of nitrogens with one attached hydrogen (secondary N) is 1. The van der Waals surface area contributed by atoms with Crippen molar-refractivity contribution in [2.45, 2.75) is 50.5 Å². The van der Waals surface area contributed by atoms with Crippen molar-refractivity contribution in [1.29, 1.82) is 0 Å². The molecule has 2 aromatic rings. The monoisotopic (exact) mass is 501 g/mol. The van der Waals surface area contributed by atoms with Gasteiger partial charge in [0.05, 0.1) is 25.4 Å². The van der Waals surface area contributed by atoms with Crippen LogP contribution in [-0.4, -0.2) is 71.6 Å². The van der Waals surface area contributed by atoms with Crippen LogP contribution in [0.25, 0.3) is 11.0 Å². The Morgan fingerprint density at radius 1 is 1.32 bits per heavy atom. The number of carbonyl (C=O) groups is 1. The third-order valence-corrected chi connectivity index (χ3v) is 5.84. The highest BCUT2D eigenvalue weighted by Gasteiger charge is 2.44. The Hall–Kier alpha value is -1.79. The van der Waals surface area contributed by atoms with Gasteiger partial charge in [-0.3, -0.25) is 4.79 Å². The normalized spacial score (nSPS) is 20.8. The first-order valence-electron chi connectivity index (χ1n) is 10.0. The van der Waals surface area contributed by atoms with Crippen LogP contribution >= 0.6 is 15.9 Å². The van der Waals surface area contributed by atoms with Crippen LogP contribution in [0.2, 0.25) is 0 Å². The lowest BCUT2D eigenvalue weighted by Crippen LogP contribution is -2.53. The summed E-state index contributed by atoms with van der Waals surface area (Å²) in [6.45, 7) is 4.60. The molecule has 172 valence electrons. The first-order valence-corrected chi connectivity index (χ1v) is 11.1. The van der Waals surface area contributed by atoms with Gasteiger partial charge in [-0.15, -0.1) is 0 Å². The summed E-state index contributed by atoms with van der Waals surface area (Å²) in [5, 5.41) is 22.0. The molecular formula is C20H28BrN3O7. The fourth-order valence-electron chi connectivity index (χ4n) is 3.32. The highest BCUT2D eigenvalue weighted by molar-refractivity contribution is 9.09. The number of ether oxygens (including phenoxy) is 4. The van der Waals surface area contributed by atoms with E-state index in [4.69, 9.17) is 23.6 Å². The third kappa shape index (κ3) is 5.92. The lowest BCUT2D eigenvalue weighted by molar-refractivity contribution is -0.127. The van der Waals surface area contributed by atoms with Crippen LogP contribution in [0.1, 0.15) is 38.3 Å². The van der Waals surface area contributed by atoms with E-state index in [9.17, 15) is 9.90 Å². The highest BCUT2D eigenvalue weighted by atomic mass is 79.9. The van der Waals surface area contributed by atoms with Gasteiger partial charge in [0.1, 0.15) is 35.3 Å². The summed E-state index contributed by atoms with van der Waals surface area (Å²) in [7, 11) is 1.60. The van der Waals surface area contributed by atoms with E-state index < -0.39 is 17.7 Å². The number of methoxy groups -OCH3 is 1. The summed E-state index contributed by atoms with van der Waals surface area (Å²) in [6.07, 6.45) is -0.426. The number of nitrogens with zero attached hydrogens (tertiary/aromatic N) is 2. The van der Waals surface area contributed by atoms with Gasteiger partial charge < -0.3 is 29.4 Å². The number of carbonyl (C=O) groups excluding carboxylic acids is 1. The van der Waals surface area contributed by atoms with E-state index in [0.29, 0.717) is 47.3 Å². The summed E-state index contributed by atoms with van der Waals surface area (Å²) in [4.78, 5) is 12.7. The topological polar surface area (TPSA) is 125 Å². The zero-order chi connectivity index (χ0) is 22.4. The van der Waals surface area contributed by atoms with E-state index in [1.165, 1.54) is 0 Å². The molecule has 10 nitrogen and oxygen atoms in total. The smallest absolute Gasteiger partial charge is 0.220 e. The van der Waals surface area contributed by atoms with Gasteiger partial charge in [-0.05, 0) is 36.6 Å². The van der Waals surface area contributed by atoms with E-state index in [2.05, 4.69) is 31.6 Å². The molecule has 3 atom stereocenters. The fraction of sp³-hybridized carbons (Fsp3) is 0.650. The standard InChI is InChI=1S/C20H28BrN3O7/c1-20(2)19(26)18(13-8-14-15(24-31-23-14)9-16(13)30-20)22-17(25)5-4-12(10-21)29-11-28-7-6-27-3/h8-9,12,18-19,26H,4-7,10-11H2,1-3H3,(H,22,25)/t12-,18?,19?/m0/s1. The van der Waals surface area contributed by atoms with Crippen molar-refractivity contribution in [2.75, 3.05) is 32.4 Å². The molecule has 3 rings (SSSR count). The maximum Gasteiger partial charge on any atom is 0.220 e. The third-order valence-electron chi connectivity index (χ3n) is 5.12. The van der Waals surface area contributed by atoms with Crippen LogP contribution in [0.4, 0.5) is 0 Å². The van der Waals surface area contributed by atoms with Gasteiger partial charge in [-0.1, -0.05) is 15.9 Å². The van der Waals surface area contributed by atoms with Crippen LogP contribution in [0.3, 0.4) is 0 Å². The van der Waals surface area contributed by atoms with Gasteiger partial charge in [0.15, 0.2) is 0 Å². The number of hydrogen-bond donors (Lipinski definition) is 2. The molecule has 0 radical (unpaired) electrons. The summed E-state index contributed by atoms with van der Waals surface area (Å²) < 4.78 is 26.6. The molecule has 1 aromatic carbocycles. The molecule has 0 spiro atoms. The predicted octanol–water partition coefficient (Wildman–Crippen LogP) is 2.09. The number of halogens is 1. The van der Waals surface area contributed by atoms with Gasteiger partial charge >= 0.3 is 0 Å². The largest absolute Gasteiger partial charge is 0.485 e. The second kappa shape index (κ2) is 10.7. The molecule has 11 heteroatoms. The van der Waals surface area contributed by atoms with E-state index in [1.54, 1.807) is 33.1 Å². The maximum absolute atomic E-state index is 12.7. The molecule has 1 aromatic heterocycles. The molecule has 0 saturated carbocycles. The molecule has 31 heavy (non-hydrogen) atoms. The van der Waals surface area contributed by atoms with E-state index >= 15 is 0 Å². The SMILES string of the molecule is COCCOCO[C@H](CBr)CCC(=O)NC1c2cc3nonc3cc2OC(C)(C)C1O. The molecule has 0 aliphatic carbocycles. The lowest BCUT2D eigenvalue weighted by Gasteiger charge is -2.42. The van der Waals surface area contributed by atoms with Crippen molar-refractivity contribution < 1.29 is 33.5 Å². The number of amides is 1. The number of fused-ring (bicyclic) bond motifs is 2. The summed E-state index contributed by atoms with van der Waals surface area (Å²) in [5.74, 6) is 0.319. The maximum atomic E-state index is 12.7. The van der Waals surface area contributed by atoms with E-state index in [1.807, 2.05) is 0 Å². The average Bonchev–Trinajstić information content (AvgIpc) is 3.19. The number of aliphatic hydroxyl groups is 1. The van der Waals surface area contributed by atoms with Crippen LogP contribution in [0.5, 0.6) is 5.75 Å². The summed E-state index contributed by atoms with van der Waals surface area (Å²) in [6, 6.07) is 2.76. The van der Waals surface area contributed by atoms with Gasteiger partial charge in [-0.2, -0.15) is 0 Å². The van der Waals surface area contributed by atoms with Gasteiger partial charge in [-0.25, -0.2) is 4.63 Å². The molecule has 2 unspecified atom stereocenters. The Morgan fingerprint density at radius 3 is 2.77 bits per heavy atom. The summed E-state index contributed by atoms with van der Waals surface area (Å²) >= 11 is 3.40. The first-order chi connectivity index (χ1) is 14.9. The Morgan fingerprint density at radius 2 is 2.06 bits per heavy atom. The minimum absolute atomic E-state index is 0.128. The average molecular weight is 502 g/mol. The number of aromatic nitrogens is 2. The van der Waals surface area contributed by atoms with Gasteiger partial charge in [0.2, 0.25) is 5.91 Å². The van der Waals surface area contributed by atoms with E-state index in [-0.39, 0.29) is 25.2 Å². The van der Waals surface area contributed by atoms with Crippen molar-refractivity contribution in [1.82, 2.24) is 15.6 Å². The minimum Gasteiger partial charge on any atom is -0.485 e. The molecule has 1 amide bonds. The Kier molecular flexibility index (Phi) is 8.23. The van der Waals surface area contributed by atoms with Gasteiger partial charge in [0, 0.05) is 30.5 Å². The minimum atomic E-state index is -0.960.